The molecule has 0 spiro atoms. The Hall–Kier alpha value is -2.69. The van der Waals surface area contributed by atoms with Gasteiger partial charge < -0.3 is 20.7 Å². The number of benzene rings is 2. The van der Waals surface area contributed by atoms with Crippen molar-refractivity contribution in [3.8, 4) is 5.75 Å². The highest BCUT2D eigenvalue weighted by molar-refractivity contribution is 5.89. The van der Waals surface area contributed by atoms with Crippen molar-refractivity contribution < 1.29 is 9.53 Å². The number of hydrogen-bond acceptors (Lipinski definition) is 3. The highest BCUT2D eigenvalue weighted by Crippen LogP contribution is 2.18. The van der Waals surface area contributed by atoms with Crippen molar-refractivity contribution in [1.29, 1.82) is 0 Å². The van der Waals surface area contributed by atoms with Crippen molar-refractivity contribution in [2.45, 2.75) is 44.7 Å². The number of anilines is 2. The molecule has 3 N–H and O–H groups in total. The van der Waals surface area contributed by atoms with Gasteiger partial charge in [-0.1, -0.05) is 31.4 Å². The monoisotopic (exact) mass is 353 g/mol. The Kier molecular flexibility index (Phi) is 6.36. The fraction of sp³-hybridized carbons (Fsp3) is 0.381. The molecule has 0 bridgehead atoms. The number of amides is 2. The first-order valence-electron chi connectivity index (χ1n) is 9.27. The van der Waals surface area contributed by atoms with Crippen LogP contribution in [0.5, 0.6) is 5.75 Å². The van der Waals surface area contributed by atoms with E-state index in [1.165, 1.54) is 24.8 Å². The minimum Gasteiger partial charge on any atom is -0.497 e. The SMILES string of the molecule is COc1ccc(CNc2ccc(NC(=O)NC3CCCCC3)cc2)cc1. The molecule has 0 atom stereocenters. The highest BCUT2D eigenvalue weighted by atomic mass is 16.5. The molecule has 26 heavy (non-hydrogen) atoms. The average molecular weight is 353 g/mol. The minimum absolute atomic E-state index is 0.115. The van der Waals surface area contributed by atoms with Crippen LogP contribution in [0.1, 0.15) is 37.7 Å². The summed E-state index contributed by atoms with van der Waals surface area (Å²) in [5.74, 6) is 0.857. The zero-order valence-corrected chi connectivity index (χ0v) is 15.3. The Morgan fingerprint density at radius 2 is 1.62 bits per heavy atom. The first-order valence-corrected chi connectivity index (χ1v) is 9.27. The number of carbonyl (C=O) groups excluding carboxylic acids is 1. The lowest BCUT2D eigenvalue weighted by atomic mass is 9.96. The van der Waals surface area contributed by atoms with Crippen molar-refractivity contribution in [1.82, 2.24) is 5.32 Å². The second kappa shape index (κ2) is 9.13. The van der Waals surface area contributed by atoms with E-state index in [1.54, 1.807) is 7.11 Å². The molecule has 5 heteroatoms. The molecular formula is C21H27N3O2. The number of carbonyl (C=O) groups is 1. The van der Waals surface area contributed by atoms with Gasteiger partial charge in [0.1, 0.15) is 5.75 Å². The Labute approximate surface area is 155 Å². The third-order valence-electron chi connectivity index (χ3n) is 4.74. The number of ether oxygens (including phenoxy) is 1. The minimum atomic E-state index is -0.115. The molecular weight excluding hydrogens is 326 g/mol. The van der Waals surface area contributed by atoms with E-state index in [4.69, 9.17) is 4.74 Å². The number of urea groups is 1. The molecule has 0 aliphatic heterocycles. The van der Waals surface area contributed by atoms with Crippen LogP contribution in [0.4, 0.5) is 16.2 Å². The summed E-state index contributed by atoms with van der Waals surface area (Å²) in [5, 5.41) is 9.35. The zero-order valence-electron chi connectivity index (χ0n) is 15.3. The first-order chi connectivity index (χ1) is 12.7. The molecule has 1 fully saturated rings. The van der Waals surface area contributed by atoms with Gasteiger partial charge in [-0.15, -0.1) is 0 Å². The van der Waals surface area contributed by atoms with Crippen molar-refractivity contribution in [2.75, 3.05) is 17.7 Å². The Morgan fingerprint density at radius 1 is 0.962 bits per heavy atom. The standard InChI is InChI=1S/C21H27N3O2/c1-26-20-13-7-16(8-14-20)15-22-17-9-11-19(12-10-17)24-21(25)23-18-5-3-2-4-6-18/h7-14,18,22H,2-6,15H2,1H3,(H2,23,24,25). The number of rotatable bonds is 6. The van der Waals surface area contributed by atoms with Crippen LogP contribution in [0.25, 0.3) is 0 Å². The van der Waals surface area contributed by atoms with Crippen LogP contribution < -0.4 is 20.7 Å². The van der Waals surface area contributed by atoms with Crippen LogP contribution in [0, 0.1) is 0 Å². The fourth-order valence-electron chi connectivity index (χ4n) is 3.22. The van der Waals surface area contributed by atoms with Crippen LogP contribution in [-0.4, -0.2) is 19.2 Å². The molecule has 0 heterocycles. The Bertz CT molecular complexity index is 692. The molecule has 0 radical (unpaired) electrons. The van der Waals surface area contributed by atoms with Gasteiger partial charge in [0.25, 0.3) is 0 Å². The Morgan fingerprint density at radius 3 is 2.27 bits per heavy atom. The van der Waals surface area contributed by atoms with Gasteiger partial charge in [-0.05, 0) is 54.8 Å². The van der Waals surface area contributed by atoms with E-state index in [0.717, 1.165) is 36.5 Å². The van der Waals surface area contributed by atoms with Gasteiger partial charge in [-0.2, -0.15) is 0 Å². The second-order valence-corrected chi connectivity index (χ2v) is 6.71. The van der Waals surface area contributed by atoms with E-state index in [-0.39, 0.29) is 6.03 Å². The zero-order chi connectivity index (χ0) is 18.2. The van der Waals surface area contributed by atoms with Crippen LogP contribution in [0.2, 0.25) is 0 Å². The maximum atomic E-state index is 12.1. The lowest BCUT2D eigenvalue weighted by Crippen LogP contribution is -2.38. The summed E-state index contributed by atoms with van der Waals surface area (Å²) < 4.78 is 5.16. The van der Waals surface area contributed by atoms with E-state index in [9.17, 15) is 4.79 Å². The number of nitrogens with one attached hydrogen (secondary N) is 3. The predicted molar refractivity (Wildman–Crippen MR) is 106 cm³/mol. The summed E-state index contributed by atoms with van der Waals surface area (Å²) in [6.07, 6.45) is 5.87. The second-order valence-electron chi connectivity index (χ2n) is 6.71. The quantitative estimate of drug-likeness (QED) is 0.701. The van der Waals surface area contributed by atoms with Crippen LogP contribution >= 0.6 is 0 Å². The maximum Gasteiger partial charge on any atom is 0.319 e. The van der Waals surface area contributed by atoms with Crippen molar-refractivity contribution in [3.05, 3.63) is 54.1 Å². The fourth-order valence-corrected chi connectivity index (χ4v) is 3.22. The Balaban J connectivity index is 1.45. The highest BCUT2D eigenvalue weighted by Gasteiger charge is 2.15. The molecule has 1 aliphatic rings. The van der Waals surface area contributed by atoms with E-state index in [0.29, 0.717) is 6.04 Å². The lowest BCUT2D eigenvalue weighted by molar-refractivity contribution is 0.244. The number of methoxy groups -OCH3 is 1. The molecule has 2 aromatic rings. The van der Waals surface area contributed by atoms with Gasteiger partial charge >= 0.3 is 6.03 Å². The smallest absolute Gasteiger partial charge is 0.319 e. The average Bonchev–Trinajstić information content (AvgIpc) is 2.68. The molecule has 1 aliphatic carbocycles. The van der Waals surface area contributed by atoms with Crippen molar-refractivity contribution in [2.24, 2.45) is 0 Å². The lowest BCUT2D eigenvalue weighted by Gasteiger charge is -2.22. The third kappa shape index (κ3) is 5.41. The third-order valence-corrected chi connectivity index (χ3v) is 4.74. The molecule has 2 aromatic carbocycles. The normalized spacial score (nSPS) is 14.5. The summed E-state index contributed by atoms with van der Waals surface area (Å²) in [7, 11) is 1.66. The summed E-state index contributed by atoms with van der Waals surface area (Å²) in [4.78, 5) is 12.1. The molecule has 138 valence electrons. The van der Waals surface area contributed by atoms with Gasteiger partial charge in [0.2, 0.25) is 0 Å². The van der Waals surface area contributed by atoms with Crippen LogP contribution in [-0.2, 0) is 6.54 Å². The van der Waals surface area contributed by atoms with Crippen LogP contribution in [0.3, 0.4) is 0 Å². The van der Waals surface area contributed by atoms with E-state index < -0.39 is 0 Å². The van der Waals surface area contributed by atoms with Crippen molar-refractivity contribution >= 4 is 17.4 Å². The molecule has 2 amide bonds. The molecule has 0 aromatic heterocycles. The van der Waals surface area contributed by atoms with E-state index in [1.807, 2.05) is 48.5 Å². The molecule has 5 nitrogen and oxygen atoms in total. The maximum absolute atomic E-state index is 12.1. The molecule has 0 unspecified atom stereocenters. The van der Waals surface area contributed by atoms with Gasteiger partial charge in [-0.25, -0.2) is 4.79 Å². The number of hydrogen-bond donors (Lipinski definition) is 3. The van der Waals surface area contributed by atoms with E-state index in [2.05, 4.69) is 16.0 Å². The largest absolute Gasteiger partial charge is 0.497 e. The molecule has 1 saturated carbocycles. The van der Waals surface area contributed by atoms with Gasteiger partial charge in [0, 0.05) is 24.0 Å². The summed E-state index contributed by atoms with van der Waals surface area (Å²) in [6, 6.07) is 16.0. The van der Waals surface area contributed by atoms with Crippen molar-refractivity contribution in [3.63, 3.8) is 0 Å². The predicted octanol–water partition coefficient (Wildman–Crippen LogP) is 4.76. The van der Waals surface area contributed by atoms with Crippen LogP contribution in [0.15, 0.2) is 48.5 Å². The van der Waals surface area contributed by atoms with Gasteiger partial charge in [0.05, 0.1) is 7.11 Å². The summed E-state index contributed by atoms with van der Waals surface area (Å²) >= 11 is 0. The summed E-state index contributed by atoms with van der Waals surface area (Å²) in [6.45, 7) is 0.735. The molecule has 3 rings (SSSR count). The molecule has 0 saturated heterocycles. The summed E-state index contributed by atoms with van der Waals surface area (Å²) in [5.41, 5.74) is 2.99. The van der Waals surface area contributed by atoms with Gasteiger partial charge in [-0.3, -0.25) is 0 Å². The van der Waals surface area contributed by atoms with Gasteiger partial charge in [0.15, 0.2) is 0 Å². The topological polar surface area (TPSA) is 62.4 Å². The van der Waals surface area contributed by atoms with E-state index >= 15 is 0 Å². The first kappa shape index (κ1) is 18.1.